The molecule has 0 bridgehead atoms. The Balaban J connectivity index is 1.50. The van der Waals surface area contributed by atoms with Gasteiger partial charge in [0.1, 0.15) is 17.7 Å². The van der Waals surface area contributed by atoms with Gasteiger partial charge in [0.2, 0.25) is 0 Å². The van der Waals surface area contributed by atoms with Gasteiger partial charge in [-0.1, -0.05) is 12.1 Å². The second kappa shape index (κ2) is 6.63. The maximum Gasteiger partial charge on any atom is 0.161 e. The molecule has 130 valence electrons. The second-order valence-corrected chi connectivity index (χ2v) is 7.67. The lowest BCUT2D eigenvalue weighted by Gasteiger charge is -2.29. The summed E-state index contributed by atoms with van der Waals surface area (Å²) in [4.78, 5) is 4.69. The lowest BCUT2D eigenvalue weighted by molar-refractivity contribution is 0.373. The molecule has 2 aliphatic rings. The summed E-state index contributed by atoms with van der Waals surface area (Å²) in [7, 11) is 0. The second-order valence-electron chi connectivity index (χ2n) is 7.67. The van der Waals surface area contributed by atoms with Crippen molar-refractivity contribution >= 4 is 0 Å². The van der Waals surface area contributed by atoms with E-state index in [0.717, 1.165) is 49.7 Å². The minimum Gasteiger partial charge on any atom is -0.330 e. The van der Waals surface area contributed by atoms with Crippen molar-refractivity contribution in [2.45, 2.75) is 63.8 Å². The number of benzene rings is 1. The molecule has 2 aromatic rings. The highest BCUT2D eigenvalue weighted by Crippen LogP contribution is 2.41. The lowest BCUT2D eigenvalue weighted by atomic mass is 9.78. The molecular weight excluding hydrogens is 313 g/mol. The van der Waals surface area contributed by atoms with Crippen molar-refractivity contribution in [3.63, 3.8) is 0 Å². The minimum atomic E-state index is -0.168. The minimum absolute atomic E-state index is 0.168. The van der Waals surface area contributed by atoms with Gasteiger partial charge in [0.25, 0.3) is 0 Å². The third-order valence-electron chi connectivity index (χ3n) is 5.93. The van der Waals surface area contributed by atoms with E-state index in [-0.39, 0.29) is 5.82 Å². The highest BCUT2D eigenvalue weighted by molar-refractivity contribution is 5.30. The van der Waals surface area contributed by atoms with Crippen LogP contribution in [0.2, 0.25) is 0 Å². The van der Waals surface area contributed by atoms with Crippen molar-refractivity contribution in [3.8, 4) is 6.07 Å². The molecule has 1 heterocycles. The van der Waals surface area contributed by atoms with Gasteiger partial charge < -0.3 is 4.57 Å². The van der Waals surface area contributed by atoms with Gasteiger partial charge in [0.05, 0.1) is 5.69 Å². The van der Waals surface area contributed by atoms with Crippen LogP contribution in [0.1, 0.15) is 73.1 Å². The van der Waals surface area contributed by atoms with Gasteiger partial charge in [0.15, 0.2) is 5.69 Å². The molecule has 3 nitrogen and oxygen atoms in total. The quantitative estimate of drug-likeness (QED) is 0.783. The van der Waals surface area contributed by atoms with Gasteiger partial charge in [0, 0.05) is 12.5 Å². The molecule has 4 rings (SSSR count). The molecule has 0 radical (unpaired) electrons. The average Bonchev–Trinajstić information content (AvgIpc) is 3.40. The van der Waals surface area contributed by atoms with Crippen LogP contribution < -0.4 is 0 Å². The maximum absolute atomic E-state index is 13.1. The van der Waals surface area contributed by atoms with E-state index >= 15 is 0 Å². The summed E-state index contributed by atoms with van der Waals surface area (Å²) < 4.78 is 15.4. The number of halogens is 1. The van der Waals surface area contributed by atoms with Crippen LogP contribution >= 0.6 is 0 Å². The molecule has 2 saturated carbocycles. The number of nitrogens with zero attached hydrogens (tertiary/aromatic N) is 3. The van der Waals surface area contributed by atoms with Crippen molar-refractivity contribution in [1.82, 2.24) is 9.55 Å². The Morgan fingerprint density at radius 3 is 2.32 bits per heavy atom. The van der Waals surface area contributed by atoms with E-state index in [1.807, 2.05) is 19.1 Å². The third-order valence-corrected chi connectivity index (χ3v) is 5.93. The summed E-state index contributed by atoms with van der Waals surface area (Å²) in [5.41, 5.74) is 2.87. The van der Waals surface area contributed by atoms with Gasteiger partial charge in [-0.3, -0.25) is 0 Å². The normalized spacial score (nSPS) is 23.4. The van der Waals surface area contributed by atoms with E-state index in [9.17, 15) is 9.65 Å². The van der Waals surface area contributed by atoms with Gasteiger partial charge in [-0.05, 0) is 75.0 Å². The number of aromatic nitrogens is 2. The fourth-order valence-electron chi connectivity index (χ4n) is 4.18. The van der Waals surface area contributed by atoms with Crippen LogP contribution in [-0.2, 0) is 6.54 Å². The van der Waals surface area contributed by atoms with E-state index in [1.165, 1.54) is 18.4 Å². The van der Waals surface area contributed by atoms with E-state index in [4.69, 9.17) is 4.98 Å². The zero-order chi connectivity index (χ0) is 17.4. The van der Waals surface area contributed by atoms with Crippen LogP contribution in [0.5, 0.6) is 0 Å². The van der Waals surface area contributed by atoms with Crippen molar-refractivity contribution in [2.75, 3.05) is 0 Å². The predicted molar refractivity (Wildman–Crippen MR) is 94.8 cm³/mol. The third kappa shape index (κ3) is 3.33. The van der Waals surface area contributed by atoms with E-state index in [0.29, 0.717) is 17.5 Å². The van der Waals surface area contributed by atoms with Crippen molar-refractivity contribution < 1.29 is 4.39 Å². The van der Waals surface area contributed by atoms with E-state index in [2.05, 4.69) is 10.6 Å². The Labute approximate surface area is 148 Å². The van der Waals surface area contributed by atoms with E-state index < -0.39 is 0 Å². The Morgan fingerprint density at radius 1 is 1.08 bits per heavy atom. The van der Waals surface area contributed by atoms with Gasteiger partial charge >= 0.3 is 0 Å². The van der Waals surface area contributed by atoms with Crippen LogP contribution in [-0.4, -0.2) is 9.55 Å². The Hall–Kier alpha value is -2.15. The van der Waals surface area contributed by atoms with Crippen LogP contribution in [0.4, 0.5) is 4.39 Å². The molecule has 0 saturated heterocycles. The Bertz CT molecular complexity index is 788. The molecule has 0 amide bonds. The number of hydrogen-bond donors (Lipinski definition) is 0. The Kier molecular flexibility index (Phi) is 4.33. The largest absolute Gasteiger partial charge is 0.330 e. The molecule has 4 heteroatoms. The van der Waals surface area contributed by atoms with Crippen molar-refractivity contribution in [3.05, 3.63) is 52.9 Å². The summed E-state index contributed by atoms with van der Waals surface area (Å²) in [5.74, 6) is 2.68. The highest BCUT2D eigenvalue weighted by atomic mass is 19.1. The monoisotopic (exact) mass is 337 g/mol. The lowest BCUT2D eigenvalue weighted by Crippen LogP contribution is -2.17. The smallest absolute Gasteiger partial charge is 0.161 e. The fraction of sp³-hybridized carbons (Fsp3) is 0.524. The molecule has 0 aliphatic heterocycles. The SMILES string of the molecule is Cc1c(C#N)nc(C2CCC(c3ccc(F)cc3)CC2)n1CC1CC1. The van der Waals surface area contributed by atoms with Crippen molar-refractivity contribution in [1.29, 1.82) is 5.26 Å². The fourth-order valence-corrected chi connectivity index (χ4v) is 4.18. The molecule has 0 spiro atoms. The standard InChI is InChI=1S/C21H24FN3/c1-14-20(12-23)24-21(25(14)13-15-2-3-15)18-6-4-16(5-7-18)17-8-10-19(22)11-9-17/h8-11,15-16,18H,2-7,13H2,1H3. The first-order chi connectivity index (χ1) is 12.2. The predicted octanol–water partition coefficient (Wildman–Crippen LogP) is 5.05. The summed E-state index contributed by atoms with van der Waals surface area (Å²) in [6.07, 6.45) is 7.00. The maximum atomic E-state index is 13.1. The number of nitriles is 1. The highest BCUT2D eigenvalue weighted by Gasteiger charge is 2.30. The van der Waals surface area contributed by atoms with Gasteiger partial charge in [-0.15, -0.1) is 0 Å². The van der Waals surface area contributed by atoms with Crippen LogP contribution in [0.25, 0.3) is 0 Å². The molecule has 0 atom stereocenters. The summed E-state index contributed by atoms with van der Waals surface area (Å²) >= 11 is 0. The molecule has 25 heavy (non-hydrogen) atoms. The topological polar surface area (TPSA) is 41.6 Å². The molecular formula is C21H24FN3. The summed E-state index contributed by atoms with van der Waals surface area (Å²) in [5, 5.41) is 9.36. The van der Waals surface area contributed by atoms with Crippen LogP contribution in [0, 0.1) is 30.0 Å². The zero-order valence-electron chi connectivity index (χ0n) is 14.7. The van der Waals surface area contributed by atoms with Crippen LogP contribution in [0.3, 0.4) is 0 Å². The van der Waals surface area contributed by atoms with E-state index in [1.54, 1.807) is 12.1 Å². The van der Waals surface area contributed by atoms with Crippen LogP contribution in [0.15, 0.2) is 24.3 Å². The van der Waals surface area contributed by atoms with Gasteiger partial charge in [-0.25, -0.2) is 9.37 Å². The molecule has 0 unspecified atom stereocenters. The first-order valence-electron chi connectivity index (χ1n) is 9.38. The average molecular weight is 337 g/mol. The summed E-state index contributed by atoms with van der Waals surface area (Å²) in [6.45, 7) is 3.05. The number of imidazole rings is 1. The molecule has 1 aromatic carbocycles. The summed E-state index contributed by atoms with van der Waals surface area (Å²) in [6, 6.07) is 9.23. The number of rotatable bonds is 4. The first-order valence-corrected chi connectivity index (χ1v) is 9.38. The first kappa shape index (κ1) is 16.3. The van der Waals surface area contributed by atoms with Crippen molar-refractivity contribution in [2.24, 2.45) is 5.92 Å². The zero-order valence-corrected chi connectivity index (χ0v) is 14.7. The molecule has 2 fully saturated rings. The number of hydrogen-bond acceptors (Lipinski definition) is 2. The molecule has 2 aliphatic carbocycles. The molecule has 0 N–H and O–H groups in total. The van der Waals surface area contributed by atoms with Gasteiger partial charge in [-0.2, -0.15) is 5.26 Å². The Morgan fingerprint density at radius 2 is 1.72 bits per heavy atom. The molecule has 1 aromatic heterocycles.